The molecule has 1 N–H and O–H groups in total. The lowest BCUT2D eigenvalue weighted by atomic mass is 10.2. The molecule has 0 atom stereocenters. The van der Waals surface area contributed by atoms with Crippen molar-refractivity contribution in [1.82, 2.24) is 0 Å². The van der Waals surface area contributed by atoms with E-state index in [9.17, 15) is 0 Å². The Morgan fingerprint density at radius 1 is 0.562 bits per heavy atom. The number of unbranched alkanes of at least 4 members (excludes halogenated alkanes) is 3. The maximum atomic E-state index is 2.29. The molecule has 0 fully saturated rings. The van der Waals surface area contributed by atoms with E-state index in [2.05, 4.69) is 20.8 Å². The van der Waals surface area contributed by atoms with Crippen LogP contribution in [0.25, 0.3) is 0 Å². The normalized spacial score (nSPS) is 9.00. The summed E-state index contributed by atoms with van der Waals surface area (Å²) in [6.07, 6.45) is 8.26. The summed E-state index contributed by atoms with van der Waals surface area (Å²) in [6.45, 7) is 11.1. The number of rotatable bonds is 9. The first-order valence-electron chi connectivity index (χ1n) is 6.18. The van der Waals surface area contributed by atoms with Crippen molar-refractivity contribution >= 4 is 0 Å². The minimum atomic E-state index is 0. The molecule has 0 heterocycles. The molecule has 0 aromatic heterocycles. The monoisotopic (exact) mass is 246 g/mol. The highest BCUT2D eigenvalue weighted by atomic mass is 19.0. The van der Waals surface area contributed by atoms with Gasteiger partial charge in [-0.1, -0.05) is 40.0 Å². The van der Waals surface area contributed by atoms with Gasteiger partial charge in [0.05, 0.1) is 19.6 Å². The largest absolute Gasteiger partial charge is 0.335 e. The van der Waals surface area contributed by atoms with E-state index in [-0.39, 0.29) is 14.1 Å². The molecule has 0 rings (SSSR count). The maximum Gasteiger partial charge on any atom is 0.0770 e. The van der Waals surface area contributed by atoms with E-state index in [1.165, 1.54) is 58.2 Å². The highest BCUT2D eigenvalue weighted by Crippen LogP contribution is 1.85. The number of hydrogen-bond donors (Lipinski definition) is 1. The van der Waals surface area contributed by atoms with Crippen molar-refractivity contribution in [2.75, 3.05) is 19.6 Å². The fraction of sp³-hybridized carbons (Fsp3) is 1.00. The van der Waals surface area contributed by atoms with Crippen LogP contribution < -0.4 is 4.90 Å². The van der Waals surface area contributed by atoms with Crippen LogP contribution in [-0.2, 0) is 0 Å². The van der Waals surface area contributed by atoms with Gasteiger partial charge in [-0.05, 0) is 19.3 Å². The van der Waals surface area contributed by atoms with Gasteiger partial charge in [0.15, 0.2) is 0 Å². The fourth-order valence-electron chi connectivity index (χ4n) is 1.66. The molecular formula is C12H31F3N+. The van der Waals surface area contributed by atoms with Crippen LogP contribution in [0.3, 0.4) is 0 Å². The smallest absolute Gasteiger partial charge is 0.0770 e. The first-order valence-corrected chi connectivity index (χ1v) is 6.18. The lowest BCUT2D eigenvalue weighted by Crippen LogP contribution is -3.12. The molecule has 0 saturated carbocycles. The second-order valence-electron chi connectivity index (χ2n) is 4.06. The van der Waals surface area contributed by atoms with Gasteiger partial charge >= 0.3 is 0 Å². The van der Waals surface area contributed by atoms with Gasteiger partial charge in [-0.25, -0.2) is 0 Å². The molecule has 0 radical (unpaired) electrons. The van der Waals surface area contributed by atoms with Crippen LogP contribution >= 0.6 is 0 Å². The van der Waals surface area contributed by atoms with Crippen LogP contribution in [0.2, 0.25) is 0 Å². The molecule has 0 saturated heterocycles. The van der Waals surface area contributed by atoms with Crippen molar-refractivity contribution in [3.8, 4) is 0 Å². The number of hydrogen-bond acceptors (Lipinski definition) is 0. The Labute approximate surface area is 98.7 Å². The average Bonchev–Trinajstić information content (AvgIpc) is 2.17. The lowest BCUT2D eigenvalue weighted by molar-refractivity contribution is -0.900. The molecule has 16 heavy (non-hydrogen) atoms. The second kappa shape index (κ2) is 20.2. The van der Waals surface area contributed by atoms with Crippen LogP contribution in [0.5, 0.6) is 0 Å². The predicted molar refractivity (Wildman–Crippen MR) is 67.8 cm³/mol. The summed E-state index contributed by atoms with van der Waals surface area (Å²) in [5.41, 5.74) is 0. The van der Waals surface area contributed by atoms with E-state index in [4.69, 9.17) is 0 Å². The third-order valence-corrected chi connectivity index (χ3v) is 2.65. The summed E-state index contributed by atoms with van der Waals surface area (Å²) < 4.78 is 0. The minimum absolute atomic E-state index is 0. The van der Waals surface area contributed by atoms with Crippen LogP contribution in [0, 0.1) is 0 Å². The molecule has 0 aliphatic rings. The van der Waals surface area contributed by atoms with Crippen molar-refractivity contribution in [1.29, 1.82) is 0 Å². The summed E-state index contributed by atoms with van der Waals surface area (Å²) in [4.78, 5) is 1.84. The van der Waals surface area contributed by atoms with Gasteiger partial charge in [0.25, 0.3) is 0 Å². The molecule has 0 unspecified atom stereocenters. The third-order valence-electron chi connectivity index (χ3n) is 2.65. The Kier molecular flexibility index (Phi) is 31.3. The van der Waals surface area contributed by atoms with E-state index in [1.54, 1.807) is 0 Å². The van der Waals surface area contributed by atoms with E-state index in [1.807, 2.05) is 4.90 Å². The van der Waals surface area contributed by atoms with Crippen LogP contribution in [0.4, 0.5) is 14.1 Å². The van der Waals surface area contributed by atoms with Gasteiger partial charge < -0.3 is 4.90 Å². The lowest BCUT2D eigenvalue weighted by Gasteiger charge is -2.18. The summed E-state index contributed by atoms with van der Waals surface area (Å²) in [5, 5.41) is 0. The molecule has 0 aromatic rings. The van der Waals surface area contributed by atoms with E-state index in [0.29, 0.717) is 0 Å². The summed E-state index contributed by atoms with van der Waals surface area (Å²) in [5.74, 6) is 0. The van der Waals surface area contributed by atoms with Gasteiger partial charge in [0.2, 0.25) is 0 Å². The summed E-state index contributed by atoms with van der Waals surface area (Å²) in [6, 6.07) is 0. The first kappa shape index (κ1) is 24.8. The standard InChI is InChI=1S/C12H27N.3FH/c1-4-7-10-13(11-8-5-2)12-9-6-3;;;/h4-12H2,1-3H3;3*1H/p+1. The Morgan fingerprint density at radius 3 is 1.00 bits per heavy atom. The molecule has 0 aromatic carbocycles. The molecule has 4 heteroatoms. The quantitative estimate of drug-likeness (QED) is 0.638. The van der Waals surface area contributed by atoms with Crippen LogP contribution in [0.1, 0.15) is 59.3 Å². The topological polar surface area (TPSA) is 4.44 Å². The maximum absolute atomic E-state index is 2.29. The Hall–Kier alpha value is -0.250. The van der Waals surface area contributed by atoms with E-state index >= 15 is 0 Å². The minimum Gasteiger partial charge on any atom is -0.335 e. The van der Waals surface area contributed by atoms with E-state index < -0.39 is 0 Å². The first-order chi connectivity index (χ1) is 6.35. The molecule has 0 aliphatic heterocycles. The Morgan fingerprint density at radius 2 is 0.812 bits per heavy atom. The van der Waals surface area contributed by atoms with Crippen LogP contribution in [0.15, 0.2) is 0 Å². The second-order valence-corrected chi connectivity index (χ2v) is 4.06. The molecule has 1 nitrogen and oxygen atoms in total. The zero-order valence-corrected chi connectivity index (χ0v) is 11.1. The van der Waals surface area contributed by atoms with Crippen molar-refractivity contribution in [2.45, 2.75) is 59.3 Å². The zero-order chi connectivity index (χ0) is 9.94. The molecular weight excluding hydrogens is 215 g/mol. The fourth-order valence-corrected chi connectivity index (χ4v) is 1.66. The Balaban J connectivity index is -0.000000240. The predicted octanol–water partition coefficient (Wildman–Crippen LogP) is 2.73. The molecule has 0 amide bonds. The SMILES string of the molecule is CCCC[NH+](CCCC)CCCC.F.F.F. The third kappa shape index (κ3) is 16.2. The Bertz CT molecular complexity index is 83.2. The van der Waals surface area contributed by atoms with E-state index in [0.717, 1.165) is 0 Å². The molecule has 0 spiro atoms. The van der Waals surface area contributed by atoms with Gasteiger partial charge in [0.1, 0.15) is 0 Å². The van der Waals surface area contributed by atoms with Crippen molar-refractivity contribution in [3.05, 3.63) is 0 Å². The van der Waals surface area contributed by atoms with Gasteiger partial charge in [-0.2, -0.15) is 0 Å². The molecule has 0 bridgehead atoms. The summed E-state index contributed by atoms with van der Waals surface area (Å²) in [7, 11) is 0. The van der Waals surface area contributed by atoms with Gasteiger partial charge in [-0.3, -0.25) is 14.1 Å². The molecule has 0 aliphatic carbocycles. The van der Waals surface area contributed by atoms with Crippen molar-refractivity contribution in [2.24, 2.45) is 0 Å². The molecule has 104 valence electrons. The highest BCUT2D eigenvalue weighted by Gasteiger charge is 2.05. The van der Waals surface area contributed by atoms with Gasteiger partial charge in [0, 0.05) is 0 Å². The van der Waals surface area contributed by atoms with Crippen LogP contribution in [-0.4, -0.2) is 19.6 Å². The number of quaternary nitrogens is 1. The van der Waals surface area contributed by atoms with Gasteiger partial charge in [-0.15, -0.1) is 0 Å². The van der Waals surface area contributed by atoms with Crippen molar-refractivity contribution < 1.29 is 19.0 Å². The zero-order valence-electron chi connectivity index (χ0n) is 11.1. The van der Waals surface area contributed by atoms with Crippen molar-refractivity contribution in [3.63, 3.8) is 0 Å². The number of halogens is 3. The highest BCUT2D eigenvalue weighted by molar-refractivity contribution is 4.37. The summed E-state index contributed by atoms with van der Waals surface area (Å²) >= 11 is 0. The average molecular weight is 246 g/mol. The number of nitrogens with one attached hydrogen (secondary N) is 1.